The van der Waals surface area contributed by atoms with Crippen LogP contribution in [0.2, 0.25) is 0 Å². The smallest absolute Gasteiger partial charge is 0.161 e. The molecule has 122 valence electrons. The van der Waals surface area contributed by atoms with Crippen LogP contribution in [0.25, 0.3) is 0 Å². The van der Waals surface area contributed by atoms with Crippen LogP contribution in [0.15, 0.2) is 30.9 Å². The van der Waals surface area contributed by atoms with Crippen molar-refractivity contribution in [3.05, 3.63) is 36.4 Å². The Balaban J connectivity index is 2.58. The number of hydrogen-bond donors (Lipinski definition) is 0. The fourth-order valence-electron chi connectivity index (χ4n) is 2.39. The summed E-state index contributed by atoms with van der Waals surface area (Å²) in [5.74, 6) is 1.50. The van der Waals surface area contributed by atoms with Gasteiger partial charge >= 0.3 is 0 Å². The van der Waals surface area contributed by atoms with Crippen LogP contribution in [0, 0.1) is 0 Å². The molecule has 1 rings (SSSR count). The zero-order valence-corrected chi connectivity index (χ0v) is 13.7. The van der Waals surface area contributed by atoms with Gasteiger partial charge in [0.1, 0.15) is 6.29 Å². The number of ether oxygens (including phenoxy) is 2. The molecule has 0 unspecified atom stereocenters. The highest BCUT2D eigenvalue weighted by Gasteiger charge is 2.08. The van der Waals surface area contributed by atoms with E-state index in [0.29, 0.717) is 6.42 Å². The molecule has 0 amide bonds. The Morgan fingerprint density at radius 1 is 1.14 bits per heavy atom. The lowest BCUT2D eigenvalue weighted by Crippen LogP contribution is -2.24. The highest BCUT2D eigenvalue weighted by atomic mass is 16.5. The quantitative estimate of drug-likeness (QED) is 0.337. The topological polar surface area (TPSA) is 38.8 Å². The molecular formula is C18H27NO3. The molecule has 0 saturated carbocycles. The van der Waals surface area contributed by atoms with Gasteiger partial charge in [-0.3, -0.25) is 4.90 Å². The van der Waals surface area contributed by atoms with E-state index in [1.54, 1.807) is 14.2 Å². The molecule has 1 aromatic rings. The molecule has 0 radical (unpaired) electrons. The summed E-state index contributed by atoms with van der Waals surface area (Å²) in [5, 5.41) is 0. The van der Waals surface area contributed by atoms with Gasteiger partial charge in [0, 0.05) is 19.5 Å². The molecular weight excluding hydrogens is 278 g/mol. The van der Waals surface area contributed by atoms with E-state index in [2.05, 4.69) is 17.5 Å². The second-order valence-electron chi connectivity index (χ2n) is 5.23. The van der Waals surface area contributed by atoms with Crippen molar-refractivity contribution in [2.75, 3.05) is 27.3 Å². The molecule has 0 aliphatic heterocycles. The number of unbranched alkanes of at least 4 members (excludes halogenated alkanes) is 3. The molecule has 1 aromatic carbocycles. The van der Waals surface area contributed by atoms with Crippen LogP contribution < -0.4 is 9.47 Å². The van der Waals surface area contributed by atoms with Crippen LogP contribution in [0.1, 0.15) is 31.2 Å². The van der Waals surface area contributed by atoms with E-state index in [0.717, 1.165) is 56.7 Å². The molecule has 0 bridgehead atoms. The predicted octanol–water partition coefficient (Wildman–Crippen LogP) is 3.45. The Labute approximate surface area is 133 Å². The fourth-order valence-corrected chi connectivity index (χ4v) is 2.39. The zero-order chi connectivity index (χ0) is 16.2. The largest absolute Gasteiger partial charge is 0.493 e. The van der Waals surface area contributed by atoms with Gasteiger partial charge in [-0.25, -0.2) is 0 Å². The summed E-state index contributed by atoms with van der Waals surface area (Å²) in [6.07, 6.45) is 6.73. The minimum atomic E-state index is 0.664. The van der Waals surface area contributed by atoms with Crippen molar-refractivity contribution in [3.63, 3.8) is 0 Å². The molecule has 0 aliphatic rings. The maximum atomic E-state index is 10.3. The van der Waals surface area contributed by atoms with E-state index in [1.807, 2.05) is 18.2 Å². The number of aldehydes is 1. The first-order chi connectivity index (χ1) is 10.7. The molecule has 0 heterocycles. The number of nitrogens with zero attached hydrogens (tertiary/aromatic N) is 1. The molecule has 4 heteroatoms. The van der Waals surface area contributed by atoms with Gasteiger partial charge in [0.05, 0.1) is 14.2 Å². The second-order valence-corrected chi connectivity index (χ2v) is 5.23. The number of carbonyl (C=O) groups is 1. The lowest BCUT2D eigenvalue weighted by Gasteiger charge is -2.21. The second kappa shape index (κ2) is 10.9. The van der Waals surface area contributed by atoms with Gasteiger partial charge < -0.3 is 14.3 Å². The SMILES string of the molecule is C=CCN(CCCCCC=O)Cc1ccc(OC)c(OC)c1. The minimum absolute atomic E-state index is 0.664. The first-order valence-electron chi connectivity index (χ1n) is 7.73. The molecule has 0 atom stereocenters. The van der Waals surface area contributed by atoms with Gasteiger partial charge in [-0.15, -0.1) is 6.58 Å². The summed E-state index contributed by atoms with van der Waals surface area (Å²) in [5.41, 5.74) is 1.19. The van der Waals surface area contributed by atoms with Gasteiger partial charge in [0.15, 0.2) is 11.5 Å². The molecule has 0 saturated heterocycles. The number of benzene rings is 1. The van der Waals surface area contributed by atoms with Crippen LogP contribution in [0.3, 0.4) is 0 Å². The van der Waals surface area contributed by atoms with E-state index in [4.69, 9.17) is 9.47 Å². The average molecular weight is 305 g/mol. The number of hydrogen-bond acceptors (Lipinski definition) is 4. The summed E-state index contributed by atoms with van der Waals surface area (Å²) in [4.78, 5) is 12.7. The van der Waals surface area contributed by atoms with Crippen molar-refractivity contribution >= 4 is 6.29 Å². The average Bonchev–Trinajstić information content (AvgIpc) is 2.54. The van der Waals surface area contributed by atoms with Gasteiger partial charge in [-0.05, 0) is 37.1 Å². The first-order valence-corrected chi connectivity index (χ1v) is 7.73. The van der Waals surface area contributed by atoms with Crippen LogP contribution in [0.5, 0.6) is 11.5 Å². The van der Waals surface area contributed by atoms with Crippen LogP contribution in [-0.2, 0) is 11.3 Å². The fraction of sp³-hybridized carbons (Fsp3) is 0.500. The highest BCUT2D eigenvalue weighted by Crippen LogP contribution is 2.28. The van der Waals surface area contributed by atoms with Crippen LogP contribution >= 0.6 is 0 Å². The van der Waals surface area contributed by atoms with E-state index >= 15 is 0 Å². The number of rotatable bonds is 12. The van der Waals surface area contributed by atoms with Crippen molar-refractivity contribution in [1.82, 2.24) is 4.90 Å². The maximum Gasteiger partial charge on any atom is 0.161 e. The number of carbonyl (C=O) groups excluding carboxylic acids is 1. The summed E-state index contributed by atoms with van der Waals surface area (Å²) in [7, 11) is 3.29. The Kier molecular flexibility index (Phi) is 9.00. The highest BCUT2D eigenvalue weighted by molar-refractivity contribution is 5.48. The van der Waals surface area contributed by atoms with E-state index < -0.39 is 0 Å². The van der Waals surface area contributed by atoms with E-state index in [-0.39, 0.29) is 0 Å². The van der Waals surface area contributed by atoms with Crippen molar-refractivity contribution in [3.8, 4) is 11.5 Å². The molecule has 0 spiro atoms. The van der Waals surface area contributed by atoms with Crippen molar-refractivity contribution in [1.29, 1.82) is 0 Å². The van der Waals surface area contributed by atoms with Gasteiger partial charge in [-0.1, -0.05) is 18.6 Å². The third kappa shape index (κ3) is 6.31. The lowest BCUT2D eigenvalue weighted by atomic mass is 10.1. The summed E-state index contributed by atoms with van der Waals surface area (Å²) >= 11 is 0. The Hall–Kier alpha value is -1.81. The number of methoxy groups -OCH3 is 2. The van der Waals surface area contributed by atoms with Crippen molar-refractivity contribution < 1.29 is 14.3 Å². The minimum Gasteiger partial charge on any atom is -0.493 e. The molecule has 0 N–H and O–H groups in total. The van der Waals surface area contributed by atoms with Gasteiger partial charge in [-0.2, -0.15) is 0 Å². The lowest BCUT2D eigenvalue weighted by molar-refractivity contribution is -0.107. The maximum absolute atomic E-state index is 10.3. The third-order valence-corrected chi connectivity index (χ3v) is 3.54. The van der Waals surface area contributed by atoms with Crippen LogP contribution in [-0.4, -0.2) is 38.5 Å². The molecule has 4 nitrogen and oxygen atoms in total. The first kappa shape index (κ1) is 18.2. The predicted molar refractivity (Wildman–Crippen MR) is 89.6 cm³/mol. The van der Waals surface area contributed by atoms with Crippen molar-refractivity contribution in [2.24, 2.45) is 0 Å². The monoisotopic (exact) mass is 305 g/mol. The Morgan fingerprint density at radius 3 is 2.55 bits per heavy atom. The standard InChI is InChI=1S/C18H27NO3/c1-4-11-19(12-7-5-6-8-13-20)15-16-9-10-17(21-2)18(14-16)22-3/h4,9-10,13-14H,1,5-8,11-12,15H2,2-3H3. The Bertz CT molecular complexity index is 460. The summed E-state index contributed by atoms with van der Waals surface area (Å²) < 4.78 is 10.6. The van der Waals surface area contributed by atoms with Gasteiger partial charge in [0.2, 0.25) is 0 Å². The van der Waals surface area contributed by atoms with E-state index in [9.17, 15) is 4.79 Å². The van der Waals surface area contributed by atoms with Crippen molar-refractivity contribution in [2.45, 2.75) is 32.2 Å². The summed E-state index contributed by atoms with van der Waals surface area (Å²) in [6.45, 7) is 6.52. The normalized spacial score (nSPS) is 10.5. The zero-order valence-electron chi connectivity index (χ0n) is 13.7. The Morgan fingerprint density at radius 2 is 1.91 bits per heavy atom. The van der Waals surface area contributed by atoms with E-state index in [1.165, 1.54) is 5.56 Å². The summed E-state index contributed by atoms with van der Waals surface area (Å²) in [6, 6.07) is 6.01. The van der Waals surface area contributed by atoms with Crippen LogP contribution in [0.4, 0.5) is 0 Å². The molecule has 0 aromatic heterocycles. The van der Waals surface area contributed by atoms with Gasteiger partial charge in [0.25, 0.3) is 0 Å². The molecule has 0 fully saturated rings. The molecule has 0 aliphatic carbocycles. The third-order valence-electron chi connectivity index (χ3n) is 3.54. The molecule has 22 heavy (non-hydrogen) atoms.